The van der Waals surface area contributed by atoms with Crippen LogP contribution in [0.4, 0.5) is 5.82 Å². The zero-order valence-corrected chi connectivity index (χ0v) is 18.6. The summed E-state index contributed by atoms with van der Waals surface area (Å²) in [5, 5.41) is 22.8. The van der Waals surface area contributed by atoms with Crippen molar-refractivity contribution < 1.29 is 14.6 Å². The van der Waals surface area contributed by atoms with Gasteiger partial charge in [-0.15, -0.1) is 16.1 Å². The van der Waals surface area contributed by atoms with Gasteiger partial charge in [0.15, 0.2) is 12.6 Å². The molecule has 0 unspecified atom stereocenters. The van der Waals surface area contributed by atoms with E-state index in [1.165, 1.54) is 11.1 Å². The number of ether oxygens (including phenoxy) is 2. The van der Waals surface area contributed by atoms with Crippen LogP contribution in [-0.4, -0.2) is 40.3 Å². The van der Waals surface area contributed by atoms with Crippen molar-refractivity contribution in [1.29, 1.82) is 0 Å². The molecule has 6 heteroatoms. The number of nitrogens with zero attached hydrogens (tertiary/aromatic N) is 2. The highest BCUT2D eigenvalue weighted by Gasteiger charge is 2.39. The number of fused-ring (bicyclic) bond motifs is 1. The summed E-state index contributed by atoms with van der Waals surface area (Å²) in [5.41, 5.74) is 4.62. The Morgan fingerprint density at radius 2 is 1.97 bits per heavy atom. The minimum atomic E-state index is -0.568. The summed E-state index contributed by atoms with van der Waals surface area (Å²) in [6, 6.07) is 6.22. The van der Waals surface area contributed by atoms with E-state index < -0.39 is 5.60 Å². The predicted molar refractivity (Wildman–Crippen MR) is 121 cm³/mol. The molecule has 0 atom stereocenters. The summed E-state index contributed by atoms with van der Waals surface area (Å²) < 4.78 is 11.4. The molecule has 1 heterocycles. The van der Waals surface area contributed by atoms with Crippen molar-refractivity contribution in [3.05, 3.63) is 34.9 Å². The van der Waals surface area contributed by atoms with Crippen molar-refractivity contribution in [2.45, 2.75) is 70.9 Å². The van der Waals surface area contributed by atoms with Gasteiger partial charge in [-0.3, -0.25) is 0 Å². The first kappa shape index (κ1) is 21.6. The fourth-order valence-corrected chi connectivity index (χ4v) is 4.53. The van der Waals surface area contributed by atoms with Gasteiger partial charge in [-0.1, -0.05) is 5.92 Å². The van der Waals surface area contributed by atoms with Gasteiger partial charge in [0.1, 0.15) is 11.4 Å². The molecule has 2 aliphatic carbocycles. The molecular weight excluding hydrogens is 390 g/mol. The van der Waals surface area contributed by atoms with Gasteiger partial charge in [0.05, 0.1) is 5.60 Å². The molecule has 1 saturated carbocycles. The SMILES string of the molecule is CC#Cc1ccc(-c2nnc(NC3CC(C)(O)C3)c3c2CCCC3)c(OCOCC)c1. The Bertz CT molecular complexity index is 999. The van der Waals surface area contributed by atoms with Gasteiger partial charge in [0.2, 0.25) is 0 Å². The number of anilines is 1. The maximum absolute atomic E-state index is 10.1. The molecule has 0 aliphatic heterocycles. The first-order valence-electron chi connectivity index (χ1n) is 11.2. The molecule has 1 aromatic carbocycles. The molecule has 1 fully saturated rings. The fourth-order valence-electron chi connectivity index (χ4n) is 4.53. The monoisotopic (exact) mass is 421 g/mol. The predicted octanol–water partition coefficient (Wildman–Crippen LogP) is 4.09. The van der Waals surface area contributed by atoms with E-state index >= 15 is 0 Å². The van der Waals surface area contributed by atoms with Crippen molar-refractivity contribution in [2.24, 2.45) is 0 Å². The van der Waals surface area contributed by atoms with Crippen molar-refractivity contribution in [3.63, 3.8) is 0 Å². The van der Waals surface area contributed by atoms with Crippen LogP contribution in [0.3, 0.4) is 0 Å². The van der Waals surface area contributed by atoms with E-state index in [-0.39, 0.29) is 12.8 Å². The third kappa shape index (κ3) is 4.84. The number of hydrogen-bond acceptors (Lipinski definition) is 6. The highest BCUT2D eigenvalue weighted by atomic mass is 16.7. The zero-order valence-electron chi connectivity index (χ0n) is 18.6. The molecular formula is C25H31N3O3. The Hall–Kier alpha value is -2.62. The van der Waals surface area contributed by atoms with E-state index in [2.05, 4.69) is 27.4 Å². The summed E-state index contributed by atoms with van der Waals surface area (Å²) in [7, 11) is 0. The number of hydrogen-bond donors (Lipinski definition) is 2. The molecule has 164 valence electrons. The Morgan fingerprint density at radius 1 is 1.19 bits per heavy atom. The van der Waals surface area contributed by atoms with Gasteiger partial charge in [0, 0.05) is 29.3 Å². The summed E-state index contributed by atoms with van der Waals surface area (Å²) in [5.74, 6) is 7.61. The topological polar surface area (TPSA) is 76.5 Å². The smallest absolute Gasteiger partial charge is 0.189 e. The van der Waals surface area contributed by atoms with E-state index in [1.54, 1.807) is 0 Å². The molecule has 0 bridgehead atoms. The summed E-state index contributed by atoms with van der Waals surface area (Å²) >= 11 is 0. The minimum Gasteiger partial charge on any atom is -0.467 e. The zero-order chi connectivity index (χ0) is 21.8. The highest BCUT2D eigenvalue weighted by Crippen LogP contribution is 2.39. The number of nitrogens with one attached hydrogen (secondary N) is 1. The summed E-state index contributed by atoms with van der Waals surface area (Å²) in [6.45, 7) is 6.42. The maximum atomic E-state index is 10.1. The van der Waals surface area contributed by atoms with Gasteiger partial charge >= 0.3 is 0 Å². The molecule has 2 aliphatic rings. The fraction of sp³-hybridized carbons (Fsp3) is 0.520. The first-order chi connectivity index (χ1) is 15.0. The lowest BCUT2D eigenvalue weighted by Gasteiger charge is -2.41. The van der Waals surface area contributed by atoms with E-state index in [9.17, 15) is 5.11 Å². The van der Waals surface area contributed by atoms with Crippen LogP contribution in [0.15, 0.2) is 18.2 Å². The van der Waals surface area contributed by atoms with Crippen LogP contribution in [-0.2, 0) is 17.6 Å². The Balaban J connectivity index is 1.69. The lowest BCUT2D eigenvalue weighted by Crippen LogP contribution is -2.48. The van der Waals surface area contributed by atoms with Crippen LogP contribution in [0, 0.1) is 11.8 Å². The Morgan fingerprint density at radius 3 is 2.68 bits per heavy atom. The minimum absolute atomic E-state index is 0.184. The molecule has 0 saturated heterocycles. The Labute approximate surface area is 184 Å². The van der Waals surface area contributed by atoms with Gasteiger partial charge in [-0.25, -0.2) is 0 Å². The largest absolute Gasteiger partial charge is 0.467 e. The van der Waals surface area contributed by atoms with Crippen molar-refractivity contribution in [2.75, 3.05) is 18.7 Å². The average molecular weight is 422 g/mol. The molecule has 0 spiro atoms. The number of aliphatic hydroxyl groups is 1. The second-order valence-electron chi connectivity index (χ2n) is 8.65. The van der Waals surface area contributed by atoms with Crippen LogP contribution in [0.1, 0.15) is 63.1 Å². The molecule has 1 aromatic heterocycles. The van der Waals surface area contributed by atoms with Crippen LogP contribution < -0.4 is 10.1 Å². The quantitative estimate of drug-likeness (QED) is 0.398. The summed E-state index contributed by atoms with van der Waals surface area (Å²) in [6.07, 6.45) is 5.71. The number of benzene rings is 1. The summed E-state index contributed by atoms with van der Waals surface area (Å²) in [4.78, 5) is 0. The molecule has 2 aromatic rings. The van der Waals surface area contributed by atoms with Crippen LogP contribution in [0.5, 0.6) is 5.75 Å². The third-order valence-corrected chi connectivity index (χ3v) is 6.01. The van der Waals surface area contributed by atoms with Gasteiger partial charge < -0.3 is 19.9 Å². The van der Waals surface area contributed by atoms with Gasteiger partial charge in [0.25, 0.3) is 0 Å². The first-order valence-corrected chi connectivity index (χ1v) is 11.2. The number of aromatic nitrogens is 2. The van der Waals surface area contributed by atoms with E-state index in [0.717, 1.165) is 61.2 Å². The van der Waals surface area contributed by atoms with E-state index in [0.29, 0.717) is 12.4 Å². The van der Waals surface area contributed by atoms with Gasteiger partial charge in [-0.05, 0) is 83.1 Å². The van der Waals surface area contributed by atoms with Gasteiger partial charge in [-0.2, -0.15) is 0 Å². The lowest BCUT2D eigenvalue weighted by atomic mass is 9.77. The average Bonchev–Trinajstić information content (AvgIpc) is 2.74. The van der Waals surface area contributed by atoms with Crippen LogP contribution in [0.2, 0.25) is 0 Å². The molecule has 4 rings (SSSR count). The molecule has 2 N–H and O–H groups in total. The molecule has 31 heavy (non-hydrogen) atoms. The van der Waals surface area contributed by atoms with Crippen molar-refractivity contribution >= 4 is 5.82 Å². The standard InChI is InChI=1S/C25H31N3O3/c1-4-8-17-11-12-21(22(13-17)31-16-30-5-2)23-19-9-6-7-10-20(19)24(28-27-23)26-18-14-25(3,29)15-18/h11-13,18,29H,5-7,9-10,14-16H2,1-3H3,(H,26,28). The van der Waals surface area contributed by atoms with Crippen molar-refractivity contribution in [3.8, 4) is 28.8 Å². The van der Waals surface area contributed by atoms with Crippen molar-refractivity contribution in [1.82, 2.24) is 10.2 Å². The normalized spacial score (nSPS) is 22.0. The second-order valence-corrected chi connectivity index (χ2v) is 8.65. The highest BCUT2D eigenvalue weighted by molar-refractivity contribution is 5.74. The number of rotatable bonds is 7. The second kappa shape index (κ2) is 9.25. The lowest BCUT2D eigenvalue weighted by molar-refractivity contribution is -0.0235. The third-order valence-electron chi connectivity index (χ3n) is 6.01. The molecule has 6 nitrogen and oxygen atoms in total. The Kier molecular flexibility index (Phi) is 6.45. The van der Waals surface area contributed by atoms with Crippen LogP contribution >= 0.6 is 0 Å². The van der Waals surface area contributed by atoms with E-state index in [1.807, 2.05) is 39.0 Å². The maximum Gasteiger partial charge on any atom is 0.189 e. The molecule has 0 radical (unpaired) electrons. The van der Waals surface area contributed by atoms with E-state index in [4.69, 9.17) is 9.47 Å². The molecule has 0 amide bonds. The van der Waals surface area contributed by atoms with Crippen LogP contribution in [0.25, 0.3) is 11.3 Å².